The van der Waals surface area contributed by atoms with Gasteiger partial charge in [-0.1, -0.05) is 31.2 Å². The molecule has 1 unspecified atom stereocenters. The van der Waals surface area contributed by atoms with Crippen LogP contribution in [0.5, 0.6) is 11.5 Å². The largest absolute Gasteiger partial charge is 0.573 e. The summed E-state index contributed by atoms with van der Waals surface area (Å²) < 4.78 is 47.3. The van der Waals surface area contributed by atoms with Crippen molar-refractivity contribution in [3.05, 3.63) is 82.9 Å². The lowest BCUT2D eigenvalue weighted by Crippen LogP contribution is -2.25. The second-order valence-electron chi connectivity index (χ2n) is 9.56. The molecule has 3 aromatic rings. The summed E-state index contributed by atoms with van der Waals surface area (Å²) in [5, 5.41) is 11.2. The van der Waals surface area contributed by atoms with Gasteiger partial charge in [-0.25, -0.2) is 0 Å². The molecule has 39 heavy (non-hydrogen) atoms. The molecule has 0 bridgehead atoms. The summed E-state index contributed by atoms with van der Waals surface area (Å²) in [7, 11) is 0. The van der Waals surface area contributed by atoms with Crippen LogP contribution in [0.25, 0.3) is 11.1 Å². The molecule has 3 rings (SSSR count). The molecule has 0 fully saturated rings. The lowest BCUT2D eigenvalue weighted by molar-refractivity contribution is -0.274. The molecule has 0 aliphatic rings. The van der Waals surface area contributed by atoms with Crippen LogP contribution in [-0.4, -0.2) is 36.5 Å². The number of ether oxygens (including phenoxy) is 2. The maximum absolute atomic E-state index is 12.4. The maximum atomic E-state index is 12.4. The first-order valence-electron chi connectivity index (χ1n) is 12.6. The molecular formula is C30H32F3NO5. The predicted octanol–water partition coefficient (Wildman–Crippen LogP) is 6.72. The van der Waals surface area contributed by atoms with E-state index in [2.05, 4.69) is 17.0 Å². The Balaban J connectivity index is 1.51. The topological polar surface area (TPSA) is 84.9 Å². The SMILES string of the molecule is Cc1cc(OCC(C)CCc2ccc(C(=O)NCCC(=O)O)cc2)cc(C)c1-c1ccc(OC(F)(F)F)cc1. The minimum absolute atomic E-state index is 0.0864. The molecule has 0 spiro atoms. The first kappa shape index (κ1) is 29.5. The summed E-state index contributed by atoms with van der Waals surface area (Å²) >= 11 is 0. The van der Waals surface area contributed by atoms with Crippen molar-refractivity contribution in [2.24, 2.45) is 5.92 Å². The van der Waals surface area contributed by atoms with Gasteiger partial charge in [-0.15, -0.1) is 13.2 Å². The molecule has 208 valence electrons. The number of amides is 1. The lowest BCUT2D eigenvalue weighted by Gasteiger charge is -2.17. The summed E-state index contributed by atoms with van der Waals surface area (Å²) in [6.45, 7) is 6.58. The highest BCUT2D eigenvalue weighted by Crippen LogP contribution is 2.33. The molecule has 0 aliphatic carbocycles. The van der Waals surface area contributed by atoms with Gasteiger partial charge in [-0.05, 0) is 96.8 Å². The third kappa shape index (κ3) is 9.35. The number of aliphatic carboxylic acids is 1. The van der Waals surface area contributed by atoms with E-state index in [1.54, 1.807) is 24.3 Å². The average molecular weight is 544 g/mol. The van der Waals surface area contributed by atoms with E-state index in [4.69, 9.17) is 9.84 Å². The molecule has 0 aliphatic heterocycles. The Morgan fingerprint density at radius 2 is 1.56 bits per heavy atom. The number of rotatable bonds is 12. The van der Waals surface area contributed by atoms with Crippen LogP contribution in [0, 0.1) is 19.8 Å². The Morgan fingerprint density at radius 1 is 0.949 bits per heavy atom. The molecule has 3 aromatic carbocycles. The van der Waals surface area contributed by atoms with Gasteiger partial charge >= 0.3 is 12.3 Å². The lowest BCUT2D eigenvalue weighted by atomic mass is 9.95. The number of benzene rings is 3. The number of hydrogen-bond donors (Lipinski definition) is 2. The molecule has 9 heteroatoms. The van der Waals surface area contributed by atoms with Gasteiger partial charge in [0.1, 0.15) is 11.5 Å². The monoisotopic (exact) mass is 543 g/mol. The van der Waals surface area contributed by atoms with Gasteiger partial charge in [-0.3, -0.25) is 9.59 Å². The quantitative estimate of drug-likeness (QED) is 0.265. The van der Waals surface area contributed by atoms with Gasteiger partial charge in [0.05, 0.1) is 13.0 Å². The van der Waals surface area contributed by atoms with Crippen LogP contribution in [0.2, 0.25) is 0 Å². The number of aryl methyl sites for hydroxylation is 3. The normalized spacial score (nSPS) is 12.1. The fourth-order valence-corrected chi connectivity index (χ4v) is 4.23. The maximum Gasteiger partial charge on any atom is 0.573 e. The minimum atomic E-state index is -4.72. The van der Waals surface area contributed by atoms with Gasteiger partial charge in [0.25, 0.3) is 5.91 Å². The van der Waals surface area contributed by atoms with Crippen molar-refractivity contribution in [3.63, 3.8) is 0 Å². The average Bonchev–Trinajstić information content (AvgIpc) is 2.86. The zero-order valence-electron chi connectivity index (χ0n) is 22.1. The van der Waals surface area contributed by atoms with E-state index in [9.17, 15) is 22.8 Å². The van der Waals surface area contributed by atoms with Crippen LogP contribution in [0.15, 0.2) is 60.7 Å². The number of carboxylic acids is 1. The Bertz CT molecular complexity index is 1250. The molecule has 6 nitrogen and oxygen atoms in total. The molecule has 0 saturated carbocycles. The highest BCUT2D eigenvalue weighted by atomic mass is 19.4. The highest BCUT2D eigenvalue weighted by molar-refractivity contribution is 5.94. The molecule has 2 N–H and O–H groups in total. The van der Waals surface area contributed by atoms with Crippen LogP contribution in [0.1, 0.15) is 46.8 Å². The van der Waals surface area contributed by atoms with Gasteiger partial charge in [-0.2, -0.15) is 0 Å². The van der Waals surface area contributed by atoms with Crippen molar-refractivity contribution >= 4 is 11.9 Å². The molecule has 1 amide bonds. The van der Waals surface area contributed by atoms with Crippen LogP contribution in [-0.2, 0) is 11.2 Å². The van der Waals surface area contributed by atoms with Gasteiger partial charge in [0.2, 0.25) is 0 Å². The summed E-state index contributed by atoms with van der Waals surface area (Å²) in [4.78, 5) is 22.6. The molecule has 0 saturated heterocycles. The van der Waals surface area contributed by atoms with Crippen molar-refractivity contribution in [2.45, 2.75) is 46.4 Å². The first-order valence-corrected chi connectivity index (χ1v) is 12.6. The molecule has 0 heterocycles. The second-order valence-corrected chi connectivity index (χ2v) is 9.56. The number of hydrogen-bond acceptors (Lipinski definition) is 4. The number of carbonyl (C=O) groups is 2. The van der Waals surface area contributed by atoms with E-state index in [1.807, 2.05) is 38.1 Å². The van der Waals surface area contributed by atoms with Crippen LogP contribution >= 0.6 is 0 Å². The molecular weight excluding hydrogens is 511 g/mol. The summed E-state index contributed by atoms with van der Waals surface area (Å²) in [5.41, 5.74) is 5.21. The Kier molecular flexibility index (Phi) is 9.98. The minimum Gasteiger partial charge on any atom is -0.493 e. The van der Waals surface area contributed by atoms with E-state index >= 15 is 0 Å². The van der Waals surface area contributed by atoms with Crippen molar-refractivity contribution < 1.29 is 37.3 Å². The summed E-state index contributed by atoms with van der Waals surface area (Å²) in [6, 6.07) is 16.9. The number of halogens is 3. The number of carbonyl (C=O) groups excluding carboxylic acids is 1. The van der Waals surface area contributed by atoms with Gasteiger partial charge in [0.15, 0.2) is 0 Å². The first-order chi connectivity index (χ1) is 18.4. The standard InChI is InChI=1S/C30H32F3NO5/c1-19(4-5-22-6-8-24(9-7-22)29(37)34-15-14-27(35)36)18-38-26-16-20(2)28(21(3)17-26)23-10-12-25(13-11-23)39-30(31,32)33/h6-13,16-17,19H,4-5,14-15,18H2,1-3H3,(H,34,37)(H,35,36). The van der Waals surface area contributed by atoms with E-state index in [-0.39, 0.29) is 30.5 Å². The fourth-order valence-electron chi connectivity index (χ4n) is 4.23. The van der Waals surface area contributed by atoms with Crippen molar-refractivity contribution in [1.82, 2.24) is 5.32 Å². The predicted molar refractivity (Wildman–Crippen MR) is 142 cm³/mol. The molecule has 0 aromatic heterocycles. The van der Waals surface area contributed by atoms with Crippen molar-refractivity contribution in [1.29, 1.82) is 0 Å². The number of carboxylic acid groups (broad SMARTS) is 1. The molecule has 1 atom stereocenters. The van der Waals surface area contributed by atoms with Gasteiger partial charge in [0, 0.05) is 12.1 Å². The third-order valence-electron chi connectivity index (χ3n) is 6.18. The van der Waals surface area contributed by atoms with Crippen molar-refractivity contribution in [3.8, 4) is 22.6 Å². The summed E-state index contributed by atoms with van der Waals surface area (Å²) in [6.07, 6.45) is -3.15. The van der Waals surface area contributed by atoms with E-state index in [0.717, 1.165) is 46.4 Å². The van der Waals surface area contributed by atoms with E-state index in [1.165, 1.54) is 12.1 Å². The van der Waals surface area contributed by atoms with E-state index in [0.29, 0.717) is 12.2 Å². The Hall–Kier alpha value is -4.01. The number of nitrogens with one attached hydrogen (secondary N) is 1. The van der Waals surface area contributed by atoms with E-state index < -0.39 is 12.3 Å². The zero-order chi connectivity index (χ0) is 28.6. The number of alkyl halides is 3. The third-order valence-corrected chi connectivity index (χ3v) is 6.18. The van der Waals surface area contributed by atoms with Crippen LogP contribution in [0.3, 0.4) is 0 Å². The molecule has 0 radical (unpaired) electrons. The van der Waals surface area contributed by atoms with Crippen molar-refractivity contribution in [2.75, 3.05) is 13.2 Å². The van der Waals surface area contributed by atoms with Gasteiger partial charge < -0.3 is 19.9 Å². The highest BCUT2D eigenvalue weighted by Gasteiger charge is 2.31. The Morgan fingerprint density at radius 3 is 2.13 bits per heavy atom. The second kappa shape index (κ2) is 13.2. The fraction of sp³-hybridized carbons (Fsp3) is 0.333. The van der Waals surface area contributed by atoms with Crippen LogP contribution in [0.4, 0.5) is 13.2 Å². The summed E-state index contributed by atoms with van der Waals surface area (Å²) in [5.74, 6) is -0.516. The zero-order valence-corrected chi connectivity index (χ0v) is 22.1. The smallest absolute Gasteiger partial charge is 0.493 e. The Labute approximate surface area is 225 Å². The van der Waals surface area contributed by atoms with Crippen LogP contribution < -0.4 is 14.8 Å².